The second-order valence-corrected chi connectivity index (χ2v) is 5.55. The lowest BCUT2D eigenvalue weighted by Gasteiger charge is -2.28. The quantitative estimate of drug-likeness (QED) is 0.879. The Morgan fingerprint density at radius 3 is 2.55 bits per heavy atom. The number of nitrogens with one attached hydrogen (secondary N) is 1. The molecule has 0 atom stereocenters. The molecule has 1 aromatic heterocycles. The van der Waals surface area contributed by atoms with Gasteiger partial charge < -0.3 is 15.0 Å². The molecule has 1 aliphatic carbocycles. The number of hydrogen-bond donors (Lipinski definition) is 2. The molecule has 2 N–H and O–H groups in total. The van der Waals surface area contributed by atoms with E-state index in [1.165, 1.54) is 0 Å². The maximum absolute atomic E-state index is 12.7. The van der Waals surface area contributed by atoms with Gasteiger partial charge in [0.15, 0.2) is 0 Å². The van der Waals surface area contributed by atoms with Crippen LogP contribution in [0.1, 0.15) is 31.2 Å². The van der Waals surface area contributed by atoms with Gasteiger partial charge in [0.05, 0.1) is 12.1 Å². The van der Waals surface area contributed by atoms with E-state index in [2.05, 4.69) is 5.32 Å². The van der Waals surface area contributed by atoms with Gasteiger partial charge in [0, 0.05) is 6.20 Å². The largest absolute Gasteiger partial charge is 0.421 e. The van der Waals surface area contributed by atoms with E-state index < -0.39 is 35.3 Å². The molecule has 1 heterocycles. The van der Waals surface area contributed by atoms with Crippen molar-refractivity contribution < 1.29 is 23.1 Å². The van der Waals surface area contributed by atoms with E-state index in [0.717, 1.165) is 29.7 Å². The Balaban J connectivity index is 2.14. The molecule has 1 fully saturated rings. The van der Waals surface area contributed by atoms with Crippen molar-refractivity contribution in [2.24, 2.45) is 0 Å². The highest BCUT2D eigenvalue weighted by Gasteiger charge is 2.36. The first-order chi connectivity index (χ1) is 10.3. The number of carbonyl (C=O) groups excluding carboxylic acids is 1. The van der Waals surface area contributed by atoms with Gasteiger partial charge in [-0.25, -0.2) is 0 Å². The van der Waals surface area contributed by atoms with Crippen molar-refractivity contribution >= 4 is 5.91 Å². The van der Waals surface area contributed by atoms with Crippen LogP contribution in [0.15, 0.2) is 23.1 Å². The minimum Gasteiger partial charge on any atom is -0.394 e. The average Bonchev–Trinajstić information content (AvgIpc) is 2.89. The number of aliphatic hydroxyl groups is 1. The van der Waals surface area contributed by atoms with Crippen molar-refractivity contribution in [3.63, 3.8) is 0 Å². The maximum Gasteiger partial charge on any atom is 0.421 e. The Morgan fingerprint density at radius 2 is 2.00 bits per heavy atom. The van der Waals surface area contributed by atoms with Crippen LogP contribution in [0.25, 0.3) is 0 Å². The van der Waals surface area contributed by atoms with Gasteiger partial charge >= 0.3 is 6.18 Å². The minimum atomic E-state index is -4.76. The van der Waals surface area contributed by atoms with Crippen molar-refractivity contribution in [1.29, 1.82) is 0 Å². The molecule has 0 bridgehead atoms. The highest BCUT2D eigenvalue weighted by molar-refractivity contribution is 5.76. The first-order valence-electron chi connectivity index (χ1n) is 6.96. The molecule has 122 valence electrons. The molecular weight excluding hydrogens is 301 g/mol. The summed E-state index contributed by atoms with van der Waals surface area (Å²) in [5, 5.41) is 12.1. The number of aromatic nitrogens is 1. The van der Waals surface area contributed by atoms with Crippen LogP contribution in [0.5, 0.6) is 0 Å². The number of pyridine rings is 1. The maximum atomic E-state index is 12.7. The number of halogens is 3. The van der Waals surface area contributed by atoms with Crippen molar-refractivity contribution in [2.45, 2.75) is 43.9 Å². The molecule has 0 spiro atoms. The lowest BCUT2D eigenvalue weighted by Crippen LogP contribution is -2.50. The first-order valence-corrected chi connectivity index (χ1v) is 6.96. The van der Waals surface area contributed by atoms with Crippen LogP contribution in [-0.4, -0.2) is 27.7 Å². The van der Waals surface area contributed by atoms with Crippen LogP contribution >= 0.6 is 0 Å². The minimum absolute atomic E-state index is 0.226. The van der Waals surface area contributed by atoms with E-state index in [9.17, 15) is 27.9 Å². The fourth-order valence-corrected chi connectivity index (χ4v) is 2.74. The molecule has 1 saturated carbocycles. The predicted molar refractivity (Wildman–Crippen MR) is 72.1 cm³/mol. The van der Waals surface area contributed by atoms with Crippen molar-refractivity contribution in [2.75, 3.05) is 6.61 Å². The average molecular weight is 318 g/mol. The number of carbonyl (C=O) groups is 1. The number of nitrogens with zero attached hydrogens (tertiary/aromatic N) is 1. The summed E-state index contributed by atoms with van der Waals surface area (Å²) in [6.07, 6.45) is -0.653. The van der Waals surface area contributed by atoms with Crippen molar-refractivity contribution in [3.05, 3.63) is 34.2 Å². The van der Waals surface area contributed by atoms with Gasteiger partial charge in [-0.2, -0.15) is 13.2 Å². The van der Waals surface area contributed by atoms with E-state index in [1.807, 2.05) is 0 Å². The standard InChI is InChI=1S/C14H17F3N2O3/c15-14(16,17)10-4-3-7-19(12(10)22)8-11(21)18-13(9-20)5-1-2-6-13/h3-4,7,20H,1-2,5-6,8-9H2,(H,18,21). The zero-order valence-corrected chi connectivity index (χ0v) is 11.8. The molecule has 0 aromatic carbocycles. The molecule has 0 saturated heterocycles. The summed E-state index contributed by atoms with van der Waals surface area (Å²) < 4.78 is 38.7. The molecule has 1 aliphatic rings. The third-order valence-electron chi connectivity index (χ3n) is 3.91. The van der Waals surface area contributed by atoms with Gasteiger partial charge in [-0.05, 0) is 25.0 Å². The molecule has 5 nitrogen and oxygen atoms in total. The van der Waals surface area contributed by atoms with Crippen LogP contribution in [0, 0.1) is 0 Å². The Hall–Kier alpha value is -1.83. The van der Waals surface area contributed by atoms with E-state index >= 15 is 0 Å². The molecule has 0 unspecified atom stereocenters. The third kappa shape index (κ3) is 3.49. The number of amides is 1. The molecule has 0 radical (unpaired) electrons. The van der Waals surface area contributed by atoms with Gasteiger partial charge in [-0.1, -0.05) is 12.8 Å². The third-order valence-corrected chi connectivity index (χ3v) is 3.91. The molecule has 1 amide bonds. The highest BCUT2D eigenvalue weighted by Crippen LogP contribution is 2.29. The second-order valence-electron chi connectivity index (χ2n) is 5.55. The second kappa shape index (κ2) is 6.12. The zero-order valence-electron chi connectivity index (χ0n) is 11.8. The number of aliphatic hydroxyl groups excluding tert-OH is 1. The summed E-state index contributed by atoms with van der Waals surface area (Å²) in [5.74, 6) is -0.586. The van der Waals surface area contributed by atoms with Crippen LogP contribution in [0.4, 0.5) is 13.2 Å². The zero-order chi connectivity index (χ0) is 16.4. The monoisotopic (exact) mass is 318 g/mol. The lowest BCUT2D eigenvalue weighted by atomic mass is 9.99. The van der Waals surface area contributed by atoms with Crippen LogP contribution < -0.4 is 10.9 Å². The molecular formula is C14H17F3N2O3. The molecule has 22 heavy (non-hydrogen) atoms. The summed E-state index contributed by atoms with van der Waals surface area (Å²) in [5.41, 5.74) is -3.28. The number of rotatable bonds is 4. The van der Waals surface area contributed by atoms with E-state index in [0.29, 0.717) is 18.9 Å². The Kier molecular flexibility index (Phi) is 4.60. The highest BCUT2D eigenvalue weighted by atomic mass is 19.4. The predicted octanol–water partition coefficient (Wildman–Crippen LogP) is 1.29. The fraction of sp³-hybridized carbons (Fsp3) is 0.571. The fourth-order valence-electron chi connectivity index (χ4n) is 2.74. The Bertz CT molecular complexity index is 604. The Labute approximate surface area is 124 Å². The lowest BCUT2D eigenvalue weighted by molar-refractivity contribution is -0.139. The summed E-state index contributed by atoms with van der Waals surface area (Å²) >= 11 is 0. The smallest absolute Gasteiger partial charge is 0.394 e. The summed E-state index contributed by atoms with van der Waals surface area (Å²) in [6, 6.07) is 1.76. The van der Waals surface area contributed by atoms with Gasteiger partial charge in [0.1, 0.15) is 12.1 Å². The van der Waals surface area contributed by atoms with Gasteiger partial charge in [0.25, 0.3) is 5.56 Å². The van der Waals surface area contributed by atoms with Crippen molar-refractivity contribution in [3.8, 4) is 0 Å². The molecule has 2 rings (SSSR count). The first kappa shape index (κ1) is 16.5. The topological polar surface area (TPSA) is 71.3 Å². The number of alkyl halides is 3. The Morgan fingerprint density at radius 1 is 1.36 bits per heavy atom. The van der Waals surface area contributed by atoms with E-state index in [4.69, 9.17) is 0 Å². The molecule has 1 aromatic rings. The SMILES string of the molecule is O=C(Cn1cccc(C(F)(F)F)c1=O)NC1(CO)CCCC1. The molecule has 8 heteroatoms. The molecule has 0 aliphatic heterocycles. The van der Waals surface area contributed by atoms with Crippen LogP contribution in [0.2, 0.25) is 0 Å². The normalized spacial score (nSPS) is 17.5. The van der Waals surface area contributed by atoms with E-state index in [1.54, 1.807) is 0 Å². The van der Waals surface area contributed by atoms with Gasteiger partial charge in [-0.15, -0.1) is 0 Å². The van der Waals surface area contributed by atoms with Gasteiger partial charge in [-0.3, -0.25) is 9.59 Å². The summed E-state index contributed by atoms with van der Waals surface area (Å²) in [7, 11) is 0. The summed E-state index contributed by atoms with van der Waals surface area (Å²) in [6.45, 7) is -0.735. The van der Waals surface area contributed by atoms with Crippen LogP contribution in [0.3, 0.4) is 0 Å². The van der Waals surface area contributed by atoms with Gasteiger partial charge in [0.2, 0.25) is 5.91 Å². The summed E-state index contributed by atoms with van der Waals surface area (Å²) in [4.78, 5) is 23.7. The number of hydrogen-bond acceptors (Lipinski definition) is 3. The van der Waals surface area contributed by atoms with Crippen LogP contribution in [-0.2, 0) is 17.5 Å². The van der Waals surface area contributed by atoms with Crippen molar-refractivity contribution in [1.82, 2.24) is 9.88 Å². The van der Waals surface area contributed by atoms with E-state index in [-0.39, 0.29) is 6.61 Å².